The summed E-state index contributed by atoms with van der Waals surface area (Å²) < 4.78 is 53.8. The van der Waals surface area contributed by atoms with Gasteiger partial charge in [0.25, 0.3) is 0 Å². The van der Waals surface area contributed by atoms with E-state index in [0.717, 1.165) is 49.4 Å². The van der Waals surface area contributed by atoms with E-state index in [1.807, 2.05) is 0 Å². The molecule has 1 N–H and O–H groups in total. The van der Waals surface area contributed by atoms with E-state index in [-0.39, 0.29) is 17.0 Å². The molecule has 1 amide bonds. The first kappa shape index (κ1) is 21.4. The predicted octanol–water partition coefficient (Wildman–Crippen LogP) is 4.10. The minimum Gasteiger partial charge on any atom is -0.324 e. The van der Waals surface area contributed by atoms with Crippen molar-refractivity contribution in [3.8, 4) is 0 Å². The number of anilines is 1. The molecule has 1 fully saturated rings. The fourth-order valence-electron chi connectivity index (χ4n) is 3.32. The van der Waals surface area contributed by atoms with Gasteiger partial charge in [0.1, 0.15) is 11.6 Å². The van der Waals surface area contributed by atoms with Gasteiger partial charge in [0.15, 0.2) is 0 Å². The van der Waals surface area contributed by atoms with Crippen LogP contribution in [0.2, 0.25) is 0 Å². The Morgan fingerprint density at radius 2 is 1.62 bits per heavy atom. The smallest absolute Gasteiger partial charge is 0.243 e. The summed E-state index contributed by atoms with van der Waals surface area (Å²) >= 11 is 0. The van der Waals surface area contributed by atoms with E-state index in [9.17, 15) is 22.0 Å². The third-order valence-electron chi connectivity index (χ3n) is 4.97. The highest BCUT2D eigenvalue weighted by Crippen LogP contribution is 2.21. The van der Waals surface area contributed by atoms with E-state index < -0.39 is 27.6 Å². The molecule has 0 unspecified atom stereocenters. The van der Waals surface area contributed by atoms with Gasteiger partial charge in [-0.3, -0.25) is 4.79 Å². The van der Waals surface area contributed by atoms with Gasteiger partial charge in [0.05, 0.1) is 10.6 Å². The van der Waals surface area contributed by atoms with Gasteiger partial charge < -0.3 is 5.32 Å². The molecule has 29 heavy (non-hydrogen) atoms. The van der Waals surface area contributed by atoms with Crippen LogP contribution in [0.3, 0.4) is 0 Å². The molecule has 2 aromatic rings. The van der Waals surface area contributed by atoms with Crippen LogP contribution in [0.5, 0.6) is 0 Å². The number of hydrogen-bond donors (Lipinski definition) is 1. The normalized spacial score (nSPS) is 15.7. The van der Waals surface area contributed by atoms with Crippen molar-refractivity contribution in [2.45, 2.75) is 43.4 Å². The van der Waals surface area contributed by atoms with Crippen LogP contribution in [0.4, 0.5) is 14.5 Å². The number of carbonyl (C=O) groups is 1. The molecule has 1 saturated heterocycles. The zero-order valence-corrected chi connectivity index (χ0v) is 16.9. The van der Waals surface area contributed by atoms with Gasteiger partial charge in [-0.1, -0.05) is 25.0 Å². The Morgan fingerprint density at radius 3 is 2.28 bits per heavy atom. The van der Waals surface area contributed by atoms with E-state index in [1.54, 1.807) is 24.3 Å². The number of rotatable bonds is 6. The summed E-state index contributed by atoms with van der Waals surface area (Å²) in [5.74, 6) is -1.79. The van der Waals surface area contributed by atoms with Crippen molar-refractivity contribution in [3.05, 3.63) is 59.7 Å². The number of amides is 1. The SMILES string of the molecule is O=C(CCc1ccc(S(=O)(=O)N2CCCCCC2)cc1)Nc1cc(F)ccc1F. The van der Waals surface area contributed by atoms with E-state index in [2.05, 4.69) is 5.32 Å². The topological polar surface area (TPSA) is 66.5 Å². The third-order valence-corrected chi connectivity index (χ3v) is 6.88. The number of carbonyl (C=O) groups excluding carboxylic acids is 1. The van der Waals surface area contributed by atoms with Crippen molar-refractivity contribution < 1.29 is 22.0 Å². The van der Waals surface area contributed by atoms with Crippen LogP contribution in [-0.2, 0) is 21.2 Å². The fraction of sp³-hybridized carbons (Fsp3) is 0.381. The Bertz CT molecular complexity index is 954. The van der Waals surface area contributed by atoms with Gasteiger partial charge in [-0.2, -0.15) is 4.31 Å². The first-order valence-corrected chi connectivity index (χ1v) is 11.1. The van der Waals surface area contributed by atoms with Gasteiger partial charge in [0, 0.05) is 25.6 Å². The average molecular weight is 422 g/mol. The molecule has 5 nitrogen and oxygen atoms in total. The lowest BCUT2D eigenvalue weighted by atomic mass is 10.1. The number of halogens is 2. The molecule has 0 aromatic heterocycles. The number of hydrogen-bond acceptors (Lipinski definition) is 3. The first-order chi connectivity index (χ1) is 13.9. The molecule has 8 heteroatoms. The zero-order chi connectivity index (χ0) is 20.9. The second-order valence-corrected chi connectivity index (χ2v) is 9.07. The Balaban J connectivity index is 1.59. The van der Waals surface area contributed by atoms with Crippen LogP contribution < -0.4 is 5.32 Å². The zero-order valence-electron chi connectivity index (χ0n) is 16.0. The molecule has 0 saturated carbocycles. The van der Waals surface area contributed by atoms with Crippen LogP contribution in [-0.4, -0.2) is 31.7 Å². The van der Waals surface area contributed by atoms with Crippen molar-refractivity contribution in [1.82, 2.24) is 4.31 Å². The van der Waals surface area contributed by atoms with Crippen LogP contribution in [0, 0.1) is 11.6 Å². The molecule has 2 aromatic carbocycles. The molecular formula is C21H24F2N2O3S. The Kier molecular flexibility index (Phi) is 6.97. The summed E-state index contributed by atoms with van der Waals surface area (Å²) in [5, 5.41) is 2.35. The Hall–Kier alpha value is -2.32. The highest BCUT2D eigenvalue weighted by molar-refractivity contribution is 7.89. The minimum absolute atomic E-state index is 0.0637. The van der Waals surface area contributed by atoms with E-state index in [4.69, 9.17) is 0 Å². The fourth-order valence-corrected chi connectivity index (χ4v) is 4.84. The van der Waals surface area contributed by atoms with Gasteiger partial charge in [0.2, 0.25) is 15.9 Å². The summed E-state index contributed by atoms with van der Waals surface area (Å²) in [6.07, 6.45) is 4.26. The monoisotopic (exact) mass is 422 g/mol. The molecule has 1 heterocycles. The van der Waals surface area contributed by atoms with Gasteiger partial charge >= 0.3 is 0 Å². The maximum absolute atomic E-state index is 13.6. The minimum atomic E-state index is -3.51. The lowest BCUT2D eigenvalue weighted by Crippen LogP contribution is -2.31. The van der Waals surface area contributed by atoms with E-state index in [1.165, 1.54) is 4.31 Å². The quantitative estimate of drug-likeness (QED) is 0.762. The molecular weight excluding hydrogens is 398 g/mol. The van der Waals surface area contributed by atoms with E-state index >= 15 is 0 Å². The summed E-state index contributed by atoms with van der Waals surface area (Å²) in [7, 11) is -3.51. The van der Waals surface area contributed by atoms with Crippen LogP contribution >= 0.6 is 0 Å². The maximum atomic E-state index is 13.6. The third kappa shape index (κ3) is 5.61. The van der Waals surface area contributed by atoms with Crippen molar-refractivity contribution in [3.63, 3.8) is 0 Å². The molecule has 1 aliphatic heterocycles. The molecule has 0 spiro atoms. The van der Waals surface area contributed by atoms with E-state index in [0.29, 0.717) is 19.5 Å². The second kappa shape index (κ2) is 9.45. The summed E-state index contributed by atoms with van der Waals surface area (Å²) in [6, 6.07) is 9.33. The number of nitrogens with one attached hydrogen (secondary N) is 1. The Labute approximate surface area is 169 Å². The lowest BCUT2D eigenvalue weighted by Gasteiger charge is -2.20. The molecule has 156 valence electrons. The molecule has 0 atom stereocenters. The predicted molar refractivity (Wildman–Crippen MR) is 107 cm³/mol. The lowest BCUT2D eigenvalue weighted by molar-refractivity contribution is -0.116. The summed E-state index contributed by atoms with van der Waals surface area (Å²) in [5.41, 5.74) is 0.587. The summed E-state index contributed by atoms with van der Waals surface area (Å²) in [4.78, 5) is 12.3. The number of aryl methyl sites for hydroxylation is 1. The number of nitrogens with zero attached hydrogens (tertiary/aromatic N) is 1. The van der Waals surface area contributed by atoms with Crippen LogP contribution in [0.15, 0.2) is 47.4 Å². The molecule has 3 rings (SSSR count). The Morgan fingerprint density at radius 1 is 0.966 bits per heavy atom. The maximum Gasteiger partial charge on any atom is 0.243 e. The van der Waals surface area contributed by atoms with Crippen LogP contribution in [0.25, 0.3) is 0 Å². The average Bonchev–Trinajstić information content (AvgIpc) is 3.00. The van der Waals surface area contributed by atoms with Gasteiger partial charge in [-0.25, -0.2) is 17.2 Å². The van der Waals surface area contributed by atoms with Crippen molar-refractivity contribution in [1.29, 1.82) is 0 Å². The first-order valence-electron chi connectivity index (χ1n) is 9.70. The summed E-state index contributed by atoms with van der Waals surface area (Å²) in [6.45, 7) is 1.09. The molecule has 0 radical (unpaired) electrons. The second-order valence-electron chi connectivity index (χ2n) is 7.13. The highest BCUT2D eigenvalue weighted by atomic mass is 32.2. The van der Waals surface area contributed by atoms with Gasteiger partial charge in [-0.15, -0.1) is 0 Å². The molecule has 1 aliphatic rings. The molecule has 0 aliphatic carbocycles. The standard InChI is InChI=1S/C21H24F2N2O3S/c22-17-8-11-19(23)20(15-17)24-21(26)12-7-16-5-9-18(10-6-16)29(27,28)25-13-3-1-2-4-14-25/h5-6,8-11,15H,1-4,7,12-14H2,(H,24,26). The van der Waals surface area contributed by atoms with Crippen molar-refractivity contribution in [2.75, 3.05) is 18.4 Å². The van der Waals surface area contributed by atoms with Gasteiger partial charge in [-0.05, 0) is 49.1 Å². The number of benzene rings is 2. The number of sulfonamides is 1. The highest BCUT2D eigenvalue weighted by Gasteiger charge is 2.24. The molecule has 0 bridgehead atoms. The largest absolute Gasteiger partial charge is 0.324 e. The van der Waals surface area contributed by atoms with Crippen molar-refractivity contribution in [2.24, 2.45) is 0 Å². The van der Waals surface area contributed by atoms with Crippen LogP contribution in [0.1, 0.15) is 37.7 Å². The van der Waals surface area contributed by atoms with Crippen molar-refractivity contribution >= 4 is 21.6 Å².